The van der Waals surface area contributed by atoms with Crippen molar-refractivity contribution in [1.82, 2.24) is 0 Å². The molecule has 0 unspecified atom stereocenters. The highest BCUT2D eigenvalue weighted by molar-refractivity contribution is 7.99. The molecule has 0 atom stereocenters. The molecule has 0 saturated heterocycles. The van der Waals surface area contributed by atoms with Crippen molar-refractivity contribution < 1.29 is 0 Å². The van der Waals surface area contributed by atoms with E-state index in [0.717, 1.165) is 12.2 Å². The quantitative estimate of drug-likeness (QED) is 0.504. The maximum Gasteiger partial charge on any atom is 0.0158 e. The third kappa shape index (κ3) is 3.51. The lowest BCUT2D eigenvalue weighted by atomic mass is 10.2. The lowest BCUT2D eigenvalue weighted by Gasteiger charge is -2.00. The van der Waals surface area contributed by atoms with Crippen molar-refractivity contribution in [2.45, 2.75) is 11.3 Å². The van der Waals surface area contributed by atoms with Gasteiger partial charge in [-0.3, -0.25) is 0 Å². The van der Waals surface area contributed by atoms with Crippen LogP contribution < -0.4 is 0 Å². The van der Waals surface area contributed by atoms with Crippen molar-refractivity contribution >= 4 is 11.8 Å². The average molecular weight is 190 g/mol. The first-order chi connectivity index (χ1) is 6.36. The molecule has 68 valence electrons. The van der Waals surface area contributed by atoms with Gasteiger partial charge in [0.1, 0.15) is 0 Å². The van der Waals surface area contributed by atoms with E-state index in [1.54, 1.807) is 11.8 Å². The lowest BCUT2D eigenvalue weighted by molar-refractivity contribution is 1.25. The van der Waals surface area contributed by atoms with Gasteiger partial charge in [-0.25, -0.2) is 0 Å². The molecule has 13 heavy (non-hydrogen) atoms. The minimum atomic E-state index is 0.951. The van der Waals surface area contributed by atoms with Crippen molar-refractivity contribution in [3.05, 3.63) is 55.1 Å². The number of allylic oxidation sites excluding steroid dienone is 1. The summed E-state index contributed by atoms with van der Waals surface area (Å²) in [5.74, 6) is 0.973. The zero-order valence-corrected chi connectivity index (χ0v) is 8.52. The van der Waals surface area contributed by atoms with E-state index in [-0.39, 0.29) is 0 Å². The highest BCUT2D eigenvalue weighted by Crippen LogP contribution is 2.18. The maximum absolute atomic E-state index is 3.71. The Bertz CT molecular complexity index is 272. The summed E-state index contributed by atoms with van der Waals surface area (Å²) < 4.78 is 0. The van der Waals surface area contributed by atoms with E-state index in [1.807, 2.05) is 12.2 Å². The summed E-state index contributed by atoms with van der Waals surface area (Å²) in [4.78, 5) is 1.30. The number of thioether (sulfide) groups is 1. The highest BCUT2D eigenvalue weighted by Gasteiger charge is 1.92. The molecule has 1 rings (SSSR count). The Morgan fingerprint density at radius 1 is 1.08 bits per heavy atom. The summed E-state index contributed by atoms with van der Waals surface area (Å²) in [5.41, 5.74) is 1.32. The van der Waals surface area contributed by atoms with Gasteiger partial charge in [-0.1, -0.05) is 24.3 Å². The molecule has 0 N–H and O–H groups in total. The topological polar surface area (TPSA) is 0 Å². The van der Waals surface area contributed by atoms with Crippen LogP contribution in [0.25, 0.3) is 0 Å². The Kier molecular flexibility index (Phi) is 4.41. The van der Waals surface area contributed by atoms with Crippen LogP contribution in [0.2, 0.25) is 0 Å². The standard InChI is InChI=1S/C12H14S/c1-3-5-11-6-8-12(9-7-11)13-10-4-2/h3-4,6-9H,1-2,5,10H2. The zero-order valence-electron chi connectivity index (χ0n) is 7.70. The van der Waals surface area contributed by atoms with Crippen molar-refractivity contribution in [3.8, 4) is 0 Å². The first-order valence-corrected chi connectivity index (χ1v) is 5.29. The van der Waals surface area contributed by atoms with Crippen LogP contribution in [0.5, 0.6) is 0 Å². The fourth-order valence-electron chi connectivity index (χ4n) is 1.04. The van der Waals surface area contributed by atoms with Crippen molar-refractivity contribution in [2.24, 2.45) is 0 Å². The SMILES string of the molecule is C=CCSc1ccc(CC=C)cc1. The Labute approximate surface area is 84.4 Å². The summed E-state index contributed by atoms with van der Waals surface area (Å²) >= 11 is 1.80. The molecule has 0 fully saturated rings. The summed E-state index contributed by atoms with van der Waals surface area (Å²) in [7, 11) is 0. The molecule has 0 aliphatic heterocycles. The van der Waals surface area contributed by atoms with Crippen molar-refractivity contribution in [1.29, 1.82) is 0 Å². The minimum absolute atomic E-state index is 0.951. The number of hydrogen-bond donors (Lipinski definition) is 0. The van der Waals surface area contributed by atoms with Crippen molar-refractivity contribution in [3.63, 3.8) is 0 Å². The van der Waals surface area contributed by atoms with Gasteiger partial charge in [0.25, 0.3) is 0 Å². The summed E-state index contributed by atoms with van der Waals surface area (Å²) in [6.07, 6.45) is 4.79. The number of benzene rings is 1. The Balaban J connectivity index is 2.58. The highest BCUT2D eigenvalue weighted by atomic mass is 32.2. The largest absolute Gasteiger partial charge is 0.122 e. The first kappa shape index (κ1) is 10.1. The monoisotopic (exact) mass is 190 g/mol. The molecule has 0 radical (unpaired) electrons. The predicted molar refractivity (Wildman–Crippen MR) is 61.3 cm³/mol. The zero-order chi connectivity index (χ0) is 9.52. The molecule has 0 saturated carbocycles. The van der Waals surface area contributed by atoms with Crippen LogP contribution in [0.3, 0.4) is 0 Å². The van der Waals surface area contributed by atoms with Crippen LogP contribution in [0.4, 0.5) is 0 Å². The van der Waals surface area contributed by atoms with Gasteiger partial charge >= 0.3 is 0 Å². The van der Waals surface area contributed by atoms with E-state index < -0.39 is 0 Å². The van der Waals surface area contributed by atoms with Crippen molar-refractivity contribution in [2.75, 3.05) is 5.75 Å². The molecule has 0 amide bonds. The molecule has 1 heteroatoms. The third-order valence-electron chi connectivity index (χ3n) is 1.67. The van der Waals surface area contributed by atoms with E-state index in [4.69, 9.17) is 0 Å². The molecule has 1 aromatic rings. The Hall–Kier alpha value is -0.950. The van der Waals surface area contributed by atoms with Gasteiger partial charge in [0.05, 0.1) is 0 Å². The van der Waals surface area contributed by atoms with Gasteiger partial charge in [-0.2, -0.15) is 0 Å². The molecule has 0 bridgehead atoms. The van der Waals surface area contributed by atoms with Crippen LogP contribution in [-0.4, -0.2) is 5.75 Å². The second-order valence-electron chi connectivity index (χ2n) is 2.74. The van der Waals surface area contributed by atoms with Gasteiger partial charge in [0.15, 0.2) is 0 Å². The van der Waals surface area contributed by atoms with E-state index in [0.29, 0.717) is 0 Å². The fraction of sp³-hybridized carbons (Fsp3) is 0.167. The van der Waals surface area contributed by atoms with Gasteiger partial charge in [0.2, 0.25) is 0 Å². The van der Waals surface area contributed by atoms with Gasteiger partial charge in [0, 0.05) is 10.6 Å². The van der Waals surface area contributed by atoms with Crippen LogP contribution in [0.15, 0.2) is 54.5 Å². The molecular formula is C12H14S. The van der Waals surface area contributed by atoms with E-state index in [2.05, 4.69) is 37.4 Å². The van der Waals surface area contributed by atoms with Gasteiger partial charge in [-0.15, -0.1) is 24.9 Å². The molecule has 0 aromatic heterocycles. The van der Waals surface area contributed by atoms with Crippen LogP contribution in [0, 0.1) is 0 Å². The predicted octanol–water partition coefficient (Wildman–Crippen LogP) is 3.69. The second kappa shape index (κ2) is 5.65. The molecule has 0 spiro atoms. The van der Waals surface area contributed by atoms with E-state index >= 15 is 0 Å². The van der Waals surface area contributed by atoms with E-state index in [1.165, 1.54) is 10.5 Å². The first-order valence-electron chi connectivity index (χ1n) is 4.30. The molecule has 1 aromatic carbocycles. The van der Waals surface area contributed by atoms with Gasteiger partial charge in [-0.05, 0) is 24.1 Å². The van der Waals surface area contributed by atoms with Crippen LogP contribution in [-0.2, 0) is 6.42 Å². The normalized spacial score (nSPS) is 9.54. The van der Waals surface area contributed by atoms with Gasteiger partial charge < -0.3 is 0 Å². The molecular weight excluding hydrogens is 176 g/mol. The van der Waals surface area contributed by atoms with E-state index in [9.17, 15) is 0 Å². The lowest BCUT2D eigenvalue weighted by Crippen LogP contribution is -1.80. The summed E-state index contributed by atoms with van der Waals surface area (Å²) in [5, 5.41) is 0. The minimum Gasteiger partial charge on any atom is -0.122 e. The number of rotatable bonds is 5. The fourth-order valence-corrected chi connectivity index (χ4v) is 1.68. The molecule has 0 aliphatic carbocycles. The average Bonchev–Trinajstić information content (AvgIpc) is 2.17. The van der Waals surface area contributed by atoms with Crippen LogP contribution >= 0.6 is 11.8 Å². The summed E-state index contributed by atoms with van der Waals surface area (Å²) in [6, 6.07) is 8.58. The Morgan fingerprint density at radius 3 is 2.31 bits per heavy atom. The number of hydrogen-bond acceptors (Lipinski definition) is 1. The molecule has 0 heterocycles. The molecule has 0 aliphatic rings. The Morgan fingerprint density at radius 2 is 1.77 bits per heavy atom. The third-order valence-corrected chi connectivity index (χ3v) is 2.68. The smallest absolute Gasteiger partial charge is 0.0158 e. The van der Waals surface area contributed by atoms with Crippen LogP contribution in [0.1, 0.15) is 5.56 Å². The summed E-state index contributed by atoms with van der Waals surface area (Å²) in [6.45, 7) is 7.40. The maximum atomic E-state index is 3.71. The molecule has 0 nitrogen and oxygen atoms in total. The second-order valence-corrected chi connectivity index (χ2v) is 3.83.